The largest absolute Gasteiger partial charge is 0.271 e. The van der Waals surface area contributed by atoms with Gasteiger partial charge in [-0.1, -0.05) is 63.9 Å². The molecular formula is C24H19BrClNO2. The molecule has 0 aromatic heterocycles. The molecule has 3 aromatic carbocycles. The molecule has 0 radical (unpaired) electrons. The van der Waals surface area contributed by atoms with E-state index in [2.05, 4.69) is 15.9 Å². The van der Waals surface area contributed by atoms with Gasteiger partial charge in [-0.2, -0.15) is 0 Å². The molecule has 2 unspecified atom stereocenters. The summed E-state index contributed by atoms with van der Waals surface area (Å²) in [5, 5.41) is 0.683. The standard InChI is InChI=1S/C24H19BrClNO2/c1-15(27-23(28)20-4-2-3-5-21(20)24(27)29)22(17-8-10-18(25)11-9-17)14-16-6-12-19(26)13-7-16/h2-13,15,22H,14H2,1H3. The SMILES string of the molecule is CC(C(Cc1ccc(Cl)cc1)c1ccc(Br)cc1)N1C(=O)c2ccccc2C1=O. The fourth-order valence-electron chi connectivity index (χ4n) is 3.91. The zero-order valence-electron chi connectivity index (χ0n) is 15.8. The highest BCUT2D eigenvalue weighted by Gasteiger charge is 2.41. The minimum atomic E-state index is -0.306. The van der Waals surface area contributed by atoms with Crippen molar-refractivity contribution < 1.29 is 9.59 Å². The van der Waals surface area contributed by atoms with Crippen molar-refractivity contribution in [1.82, 2.24) is 4.90 Å². The van der Waals surface area contributed by atoms with Crippen molar-refractivity contribution >= 4 is 39.3 Å². The predicted octanol–water partition coefficient (Wildman–Crippen LogP) is 6.11. The molecule has 0 fully saturated rings. The summed E-state index contributed by atoms with van der Waals surface area (Å²) < 4.78 is 0.986. The fourth-order valence-corrected chi connectivity index (χ4v) is 4.30. The van der Waals surface area contributed by atoms with Crippen molar-refractivity contribution in [1.29, 1.82) is 0 Å². The van der Waals surface area contributed by atoms with Gasteiger partial charge in [-0.25, -0.2) is 0 Å². The fraction of sp³-hybridized carbons (Fsp3) is 0.167. The zero-order chi connectivity index (χ0) is 20.5. The van der Waals surface area contributed by atoms with Gasteiger partial charge in [-0.3, -0.25) is 14.5 Å². The van der Waals surface area contributed by atoms with E-state index in [0.29, 0.717) is 22.6 Å². The summed E-state index contributed by atoms with van der Waals surface area (Å²) in [5.41, 5.74) is 3.13. The molecule has 1 heterocycles. The third kappa shape index (κ3) is 3.87. The number of rotatable bonds is 5. The second-order valence-corrected chi connectivity index (χ2v) is 8.61. The molecule has 0 bridgehead atoms. The number of nitrogens with zero attached hydrogens (tertiary/aromatic N) is 1. The summed E-state index contributed by atoms with van der Waals surface area (Å²) in [6, 6.07) is 22.5. The summed E-state index contributed by atoms with van der Waals surface area (Å²) in [6.07, 6.45) is 0.688. The Labute approximate surface area is 183 Å². The first-order chi connectivity index (χ1) is 14.0. The molecular weight excluding hydrogens is 450 g/mol. The summed E-state index contributed by atoms with van der Waals surface area (Å²) in [6.45, 7) is 1.95. The highest BCUT2D eigenvalue weighted by atomic mass is 79.9. The molecule has 1 aliphatic rings. The second-order valence-electron chi connectivity index (χ2n) is 7.26. The average Bonchev–Trinajstić information content (AvgIpc) is 2.99. The van der Waals surface area contributed by atoms with E-state index in [0.717, 1.165) is 15.6 Å². The maximum absolute atomic E-state index is 13.0. The lowest BCUT2D eigenvalue weighted by atomic mass is 9.86. The van der Waals surface area contributed by atoms with Crippen LogP contribution in [0.25, 0.3) is 0 Å². The summed E-state index contributed by atoms with van der Waals surface area (Å²) in [4.78, 5) is 27.4. The number of fused-ring (bicyclic) bond motifs is 1. The molecule has 3 aromatic rings. The number of amides is 2. The van der Waals surface area contributed by atoms with Crippen LogP contribution in [0, 0.1) is 0 Å². The zero-order valence-corrected chi connectivity index (χ0v) is 18.2. The van der Waals surface area contributed by atoms with E-state index in [1.165, 1.54) is 4.90 Å². The molecule has 5 heteroatoms. The van der Waals surface area contributed by atoms with Crippen molar-refractivity contribution in [2.24, 2.45) is 0 Å². The van der Waals surface area contributed by atoms with Gasteiger partial charge in [-0.15, -0.1) is 0 Å². The van der Waals surface area contributed by atoms with Crippen molar-refractivity contribution in [3.63, 3.8) is 0 Å². The van der Waals surface area contributed by atoms with Gasteiger partial charge in [0.05, 0.1) is 11.1 Å². The molecule has 0 N–H and O–H groups in total. The molecule has 1 aliphatic heterocycles. The first-order valence-electron chi connectivity index (χ1n) is 9.42. The van der Waals surface area contributed by atoms with Crippen LogP contribution in [0.3, 0.4) is 0 Å². The van der Waals surface area contributed by atoms with Crippen molar-refractivity contribution in [3.05, 3.63) is 105 Å². The Morgan fingerprint density at radius 2 is 1.41 bits per heavy atom. The van der Waals surface area contributed by atoms with Crippen LogP contribution in [-0.2, 0) is 6.42 Å². The lowest BCUT2D eigenvalue weighted by molar-refractivity contribution is 0.0574. The minimum Gasteiger partial charge on any atom is -0.271 e. The number of carbonyl (C=O) groups is 2. The van der Waals surface area contributed by atoms with E-state index < -0.39 is 0 Å². The molecule has 146 valence electrons. The van der Waals surface area contributed by atoms with E-state index in [4.69, 9.17) is 11.6 Å². The van der Waals surface area contributed by atoms with Gasteiger partial charge in [0.25, 0.3) is 11.8 Å². The minimum absolute atomic E-state index is 0.0495. The Bertz CT molecular complexity index is 1030. The van der Waals surface area contributed by atoms with Crippen molar-refractivity contribution in [3.8, 4) is 0 Å². The molecule has 0 saturated carbocycles. The number of benzene rings is 3. The maximum atomic E-state index is 13.0. The van der Waals surface area contributed by atoms with Gasteiger partial charge in [-0.05, 0) is 60.9 Å². The third-order valence-electron chi connectivity index (χ3n) is 5.48. The van der Waals surface area contributed by atoms with Crippen LogP contribution in [0.1, 0.15) is 44.7 Å². The summed E-state index contributed by atoms with van der Waals surface area (Å²) in [5.74, 6) is -0.501. The maximum Gasteiger partial charge on any atom is 0.261 e. The van der Waals surface area contributed by atoms with E-state index in [1.807, 2.05) is 55.5 Å². The molecule has 0 aliphatic carbocycles. The highest BCUT2D eigenvalue weighted by Crippen LogP contribution is 2.33. The first kappa shape index (κ1) is 19.9. The molecule has 0 spiro atoms. The number of hydrogen-bond acceptors (Lipinski definition) is 2. The van der Waals surface area contributed by atoms with Crippen LogP contribution < -0.4 is 0 Å². The molecule has 0 saturated heterocycles. The number of carbonyl (C=O) groups excluding carboxylic acids is 2. The topological polar surface area (TPSA) is 37.4 Å². The van der Waals surface area contributed by atoms with E-state index >= 15 is 0 Å². The summed E-state index contributed by atoms with van der Waals surface area (Å²) in [7, 11) is 0. The Morgan fingerprint density at radius 1 is 0.862 bits per heavy atom. The Morgan fingerprint density at radius 3 is 1.97 bits per heavy atom. The quantitative estimate of drug-likeness (QED) is 0.423. The molecule has 2 amide bonds. The highest BCUT2D eigenvalue weighted by molar-refractivity contribution is 9.10. The van der Waals surface area contributed by atoms with E-state index in [9.17, 15) is 9.59 Å². The van der Waals surface area contributed by atoms with Crippen LogP contribution in [0.15, 0.2) is 77.3 Å². The normalized spacial score (nSPS) is 15.3. The van der Waals surface area contributed by atoms with Crippen LogP contribution in [0.5, 0.6) is 0 Å². The van der Waals surface area contributed by atoms with Crippen LogP contribution in [-0.4, -0.2) is 22.8 Å². The molecule has 4 rings (SSSR count). The van der Waals surface area contributed by atoms with E-state index in [-0.39, 0.29) is 23.8 Å². The Balaban J connectivity index is 1.70. The second kappa shape index (κ2) is 8.13. The van der Waals surface area contributed by atoms with Crippen LogP contribution in [0.2, 0.25) is 5.02 Å². The van der Waals surface area contributed by atoms with E-state index in [1.54, 1.807) is 24.3 Å². The van der Waals surface area contributed by atoms with Gasteiger partial charge in [0.2, 0.25) is 0 Å². The predicted molar refractivity (Wildman–Crippen MR) is 118 cm³/mol. The van der Waals surface area contributed by atoms with Gasteiger partial charge < -0.3 is 0 Å². The number of imide groups is 1. The van der Waals surface area contributed by atoms with Gasteiger partial charge in [0.1, 0.15) is 0 Å². The number of halogens is 2. The molecule has 2 atom stereocenters. The molecule has 3 nitrogen and oxygen atoms in total. The Kier molecular flexibility index (Phi) is 5.57. The van der Waals surface area contributed by atoms with Gasteiger partial charge in [0.15, 0.2) is 0 Å². The smallest absolute Gasteiger partial charge is 0.261 e. The summed E-state index contributed by atoms with van der Waals surface area (Å²) >= 11 is 9.51. The Hall–Kier alpha value is -2.43. The van der Waals surface area contributed by atoms with Crippen molar-refractivity contribution in [2.75, 3.05) is 0 Å². The lowest BCUT2D eigenvalue weighted by Gasteiger charge is -2.31. The first-order valence-corrected chi connectivity index (χ1v) is 10.6. The number of hydrogen-bond donors (Lipinski definition) is 0. The van der Waals surface area contributed by atoms with Gasteiger partial charge in [0, 0.05) is 21.5 Å². The third-order valence-corrected chi connectivity index (χ3v) is 6.26. The molecule has 29 heavy (non-hydrogen) atoms. The average molecular weight is 469 g/mol. The lowest BCUT2D eigenvalue weighted by Crippen LogP contribution is -2.42. The monoisotopic (exact) mass is 467 g/mol. The van der Waals surface area contributed by atoms with Crippen LogP contribution in [0.4, 0.5) is 0 Å². The van der Waals surface area contributed by atoms with Crippen molar-refractivity contribution in [2.45, 2.75) is 25.3 Å². The van der Waals surface area contributed by atoms with Crippen LogP contribution >= 0.6 is 27.5 Å². The van der Waals surface area contributed by atoms with Gasteiger partial charge >= 0.3 is 0 Å².